The average molecular weight is 460 g/mol. The SMILES string of the molecule is C1=Cc2ccccc2NN=C1.O=C1CN=C(c2ccccc2Cl)c2cc([N+](=O)[O-])ccc2N1. The molecule has 0 aliphatic carbocycles. The van der Waals surface area contributed by atoms with Gasteiger partial charge in [0.1, 0.15) is 6.54 Å². The molecule has 9 heteroatoms. The molecule has 0 saturated carbocycles. The van der Waals surface area contributed by atoms with Crippen LogP contribution in [0.5, 0.6) is 0 Å². The van der Waals surface area contributed by atoms with Crippen LogP contribution in [0.2, 0.25) is 5.02 Å². The molecule has 0 radical (unpaired) electrons. The van der Waals surface area contributed by atoms with Gasteiger partial charge in [-0.2, -0.15) is 5.10 Å². The number of carbonyl (C=O) groups is 1. The number of non-ortho nitro benzene ring substituents is 1. The van der Waals surface area contributed by atoms with Crippen LogP contribution >= 0.6 is 11.6 Å². The third-order valence-electron chi connectivity index (χ3n) is 4.84. The smallest absolute Gasteiger partial charge is 0.270 e. The largest absolute Gasteiger partial charge is 0.324 e. The first-order valence-electron chi connectivity index (χ1n) is 9.96. The summed E-state index contributed by atoms with van der Waals surface area (Å²) in [5.74, 6) is -0.280. The van der Waals surface area contributed by atoms with E-state index in [2.05, 4.69) is 20.8 Å². The lowest BCUT2D eigenvalue weighted by atomic mass is 10.00. The van der Waals surface area contributed by atoms with Gasteiger partial charge < -0.3 is 5.32 Å². The Morgan fingerprint density at radius 3 is 2.58 bits per heavy atom. The van der Waals surface area contributed by atoms with Crippen molar-refractivity contribution in [3.05, 3.63) is 105 Å². The first kappa shape index (κ1) is 21.9. The van der Waals surface area contributed by atoms with Crippen molar-refractivity contribution in [2.45, 2.75) is 0 Å². The molecule has 0 aromatic heterocycles. The van der Waals surface area contributed by atoms with Gasteiger partial charge in [0, 0.05) is 34.5 Å². The maximum absolute atomic E-state index is 11.7. The van der Waals surface area contributed by atoms with E-state index < -0.39 is 4.92 Å². The quantitative estimate of drug-likeness (QED) is 0.408. The van der Waals surface area contributed by atoms with Crippen LogP contribution in [-0.2, 0) is 4.79 Å². The number of hydrazone groups is 1. The number of carbonyl (C=O) groups excluding carboxylic acids is 1. The molecule has 0 unspecified atom stereocenters. The van der Waals surface area contributed by atoms with Gasteiger partial charge in [0.05, 0.1) is 22.0 Å². The Bertz CT molecular complexity index is 1320. The van der Waals surface area contributed by atoms with E-state index in [1.165, 1.54) is 23.8 Å². The van der Waals surface area contributed by atoms with Crippen LogP contribution < -0.4 is 10.7 Å². The Kier molecular flexibility index (Phi) is 6.56. The monoisotopic (exact) mass is 459 g/mol. The lowest BCUT2D eigenvalue weighted by molar-refractivity contribution is -0.384. The van der Waals surface area contributed by atoms with Crippen molar-refractivity contribution in [1.82, 2.24) is 0 Å². The Morgan fingerprint density at radius 1 is 0.970 bits per heavy atom. The van der Waals surface area contributed by atoms with Crippen LogP contribution in [0.3, 0.4) is 0 Å². The van der Waals surface area contributed by atoms with Gasteiger partial charge in [-0.1, -0.05) is 54.1 Å². The molecule has 0 saturated heterocycles. The second-order valence-electron chi connectivity index (χ2n) is 7.02. The molecule has 1 amide bonds. The Balaban J connectivity index is 0.000000196. The zero-order valence-electron chi connectivity index (χ0n) is 17.2. The summed E-state index contributed by atoms with van der Waals surface area (Å²) in [7, 11) is 0. The van der Waals surface area contributed by atoms with E-state index in [1.807, 2.05) is 36.4 Å². The van der Waals surface area contributed by atoms with E-state index >= 15 is 0 Å². The maximum atomic E-state index is 11.7. The fourth-order valence-electron chi connectivity index (χ4n) is 3.30. The molecule has 33 heavy (non-hydrogen) atoms. The number of aliphatic imine (C=N–C) groups is 1. The molecule has 0 bridgehead atoms. The number of anilines is 2. The maximum Gasteiger partial charge on any atom is 0.270 e. The number of nitrogens with zero attached hydrogens (tertiary/aromatic N) is 3. The van der Waals surface area contributed by atoms with E-state index in [1.54, 1.807) is 30.5 Å². The number of nitrogens with one attached hydrogen (secondary N) is 2. The lowest BCUT2D eigenvalue weighted by Crippen LogP contribution is -2.13. The number of amides is 1. The number of hydrogen-bond donors (Lipinski definition) is 2. The van der Waals surface area contributed by atoms with Gasteiger partial charge in [-0.25, -0.2) is 0 Å². The summed E-state index contributed by atoms with van der Waals surface area (Å²) in [4.78, 5) is 26.5. The van der Waals surface area contributed by atoms with Crippen LogP contribution in [0, 0.1) is 10.1 Å². The van der Waals surface area contributed by atoms with Crippen molar-refractivity contribution in [2.75, 3.05) is 17.3 Å². The van der Waals surface area contributed by atoms with Crippen molar-refractivity contribution < 1.29 is 9.72 Å². The van der Waals surface area contributed by atoms with E-state index in [0.29, 0.717) is 27.5 Å². The Labute approximate surface area is 194 Å². The molecule has 5 rings (SSSR count). The highest BCUT2D eigenvalue weighted by atomic mass is 35.5. The lowest BCUT2D eigenvalue weighted by Gasteiger charge is -2.11. The second kappa shape index (κ2) is 9.88. The van der Waals surface area contributed by atoms with E-state index in [0.717, 1.165) is 5.69 Å². The van der Waals surface area contributed by atoms with Gasteiger partial charge in [0.2, 0.25) is 5.91 Å². The molecular formula is C24H18ClN5O3. The number of hydrogen-bond acceptors (Lipinski definition) is 6. The number of benzene rings is 3. The summed E-state index contributed by atoms with van der Waals surface area (Å²) in [6, 6.07) is 19.3. The summed E-state index contributed by atoms with van der Waals surface area (Å²) in [6.45, 7) is -0.0664. The number of fused-ring (bicyclic) bond motifs is 2. The molecule has 0 fully saturated rings. The highest BCUT2D eigenvalue weighted by Gasteiger charge is 2.22. The van der Waals surface area contributed by atoms with E-state index in [4.69, 9.17) is 11.6 Å². The van der Waals surface area contributed by atoms with Crippen molar-refractivity contribution >= 4 is 52.6 Å². The van der Waals surface area contributed by atoms with E-state index in [-0.39, 0.29) is 18.1 Å². The zero-order chi connectivity index (χ0) is 23.2. The fraction of sp³-hybridized carbons (Fsp3) is 0.0417. The molecule has 0 atom stereocenters. The summed E-state index contributed by atoms with van der Waals surface area (Å²) in [5, 5.41) is 18.1. The van der Waals surface area contributed by atoms with Gasteiger partial charge in [0.15, 0.2) is 0 Å². The normalized spacial score (nSPS) is 13.6. The predicted octanol–water partition coefficient (Wildman–Crippen LogP) is 5.15. The van der Waals surface area contributed by atoms with Gasteiger partial charge in [-0.3, -0.25) is 25.3 Å². The number of nitro groups is 1. The van der Waals surface area contributed by atoms with Crippen molar-refractivity contribution in [3.8, 4) is 0 Å². The number of allylic oxidation sites excluding steroid dienone is 1. The van der Waals surface area contributed by atoms with Crippen LogP contribution in [0.1, 0.15) is 16.7 Å². The standard InChI is InChI=1S/C15H10ClN3O3.C9H8N2/c16-12-4-2-1-3-10(12)15-11-7-9(19(21)22)5-6-13(11)18-14(20)8-17-15;1-2-6-9-8(4-1)5-3-7-10-11-9/h1-7H,8H2,(H,18,20);1-7,11H. The minimum absolute atomic E-state index is 0.0664. The zero-order valence-corrected chi connectivity index (χ0v) is 18.0. The molecular weight excluding hydrogens is 442 g/mol. The van der Waals surface area contributed by atoms with Gasteiger partial charge >= 0.3 is 0 Å². The van der Waals surface area contributed by atoms with Crippen molar-refractivity contribution in [2.24, 2.45) is 10.1 Å². The third kappa shape index (κ3) is 5.13. The predicted molar refractivity (Wildman–Crippen MR) is 131 cm³/mol. The highest BCUT2D eigenvalue weighted by molar-refractivity contribution is 6.36. The Morgan fingerprint density at radius 2 is 1.76 bits per heavy atom. The van der Waals surface area contributed by atoms with Crippen molar-refractivity contribution in [1.29, 1.82) is 0 Å². The molecule has 3 aromatic rings. The van der Waals surface area contributed by atoms with Crippen molar-refractivity contribution in [3.63, 3.8) is 0 Å². The minimum Gasteiger partial charge on any atom is -0.324 e. The average Bonchev–Trinajstić information content (AvgIpc) is 3.15. The molecule has 2 heterocycles. The third-order valence-corrected chi connectivity index (χ3v) is 5.16. The van der Waals surface area contributed by atoms with Crippen LogP contribution in [0.15, 0.2) is 82.9 Å². The number of nitro benzene ring substituents is 1. The summed E-state index contributed by atoms with van der Waals surface area (Å²) in [5.41, 5.74) is 7.13. The molecule has 0 spiro atoms. The molecule has 2 aliphatic rings. The van der Waals surface area contributed by atoms with Crippen LogP contribution in [0.4, 0.5) is 17.1 Å². The van der Waals surface area contributed by atoms with Crippen LogP contribution in [-0.4, -0.2) is 29.3 Å². The molecule has 3 aromatic carbocycles. The minimum atomic E-state index is -0.489. The van der Waals surface area contributed by atoms with Gasteiger partial charge in [-0.15, -0.1) is 0 Å². The second-order valence-corrected chi connectivity index (χ2v) is 7.42. The molecule has 2 N–H and O–H groups in total. The first-order chi connectivity index (χ1) is 16.0. The summed E-state index contributed by atoms with van der Waals surface area (Å²) >= 11 is 6.20. The number of rotatable bonds is 2. The topological polar surface area (TPSA) is 109 Å². The highest BCUT2D eigenvalue weighted by Crippen LogP contribution is 2.29. The van der Waals surface area contributed by atoms with E-state index in [9.17, 15) is 14.9 Å². The molecule has 164 valence electrons. The summed E-state index contributed by atoms with van der Waals surface area (Å²) in [6.07, 6.45) is 5.68. The number of halogens is 1. The van der Waals surface area contributed by atoms with Crippen LogP contribution in [0.25, 0.3) is 6.08 Å². The molecule has 2 aliphatic heterocycles. The van der Waals surface area contributed by atoms with Gasteiger partial charge in [0.25, 0.3) is 5.69 Å². The fourth-order valence-corrected chi connectivity index (χ4v) is 3.53. The molecule has 8 nitrogen and oxygen atoms in total. The first-order valence-corrected chi connectivity index (χ1v) is 10.3. The Hall–Kier alpha value is -4.30. The number of para-hydroxylation sites is 1. The summed E-state index contributed by atoms with van der Waals surface area (Å²) < 4.78 is 0. The van der Waals surface area contributed by atoms with Gasteiger partial charge in [-0.05, 0) is 29.8 Å². The number of benzodiazepines with no additional fused rings is 1.